The second-order valence-electron chi connectivity index (χ2n) is 6.87. The molecule has 0 radical (unpaired) electrons. The lowest BCUT2D eigenvalue weighted by atomic mass is 10.0. The molecule has 7 heteroatoms. The van der Waals surface area contributed by atoms with E-state index in [9.17, 15) is 14.9 Å². The highest BCUT2D eigenvalue weighted by Gasteiger charge is 2.30. The number of likely N-dealkylation sites (tertiary alicyclic amines) is 1. The maximum atomic E-state index is 13.2. The Bertz CT molecular complexity index is 1020. The number of rotatable bonds is 5. The minimum atomic E-state index is -0.434. The Morgan fingerprint density at radius 2 is 1.86 bits per heavy atom. The molecule has 1 N–H and O–H groups in total. The van der Waals surface area contributed by atoms with E-state index < -0.39 is 4.92 Å². The maximum Gasteiger partial charge on any atom is 0.270 e. The number of benzene rings is 2. The number of nitrogens with zero attached hydrogens (tertiary/aromatic N) is 3. The van der Waals surface area contributed by atoms with Gasteiger partial charge in [0.05, 0.1) is 4.92 Å². The van der Waals surface area contributed by atoms with E-state index in [4.69, 9.17) is 0 Å². The van der Waals surface area contributed by atoms with Gasteiger partial charge in [0, 0.05) is 23.7 Å². The standard InChI is InChI=1S/C21H20N4O3/c26-21(19(24-12-4-5-13-24)15-6-2-1-3-7-15)23-20-18-9-8-17(25(27)28)14-16(18)10-11-22-20/h1-3,6-11,14,19H,4-5,12-13H2,(H,22,23,26). The largest absolute Gasteiger partial charge is 0.309 e. The zero-order valence-electron chi connectivity index (χ0n) is 15.2. The van der Waals surface area contributed by atoms with Crippen LogP contribution in [0.5, 0.6) is 0 Å². The third-order valence-electron chi connectivity index (χ3n) is 5.07. The summed E-state index contributed by atoms with van der Waals surface area (Å²) in [6, 6.07) is 15.6. The fourth-order valence-corrected chi connectivity index (χ4v) is 3.73. The minimum Gasteiger partial charge on any atom is -0.309 e. The second-order valence-corrected chi connectivity index (χ2v) is 6.87. The number of amides is 1. The molecule has 1 unspecified atom stereocenters. The number of carbonyl (C=O) groups excluding carboxylic acids is 1. The highest BCUT2D eigenvalue weighted by Crippen LogP contribution is 2.29. The molecule has 0 bridgehead atoms. The van der Waals surface area contributed by atoms with Crippen LogP contribution >= 0.6 is 0 Å². The van der Waals surface area contributed by atoms with Crippen molar-refractivity contribution in [3.63, 3.8) is 0 Å². The van der Waals surface area contributed by atoms with Gasteiger partial charge in [-0.1, -0.05) is 30.3 Å². The van der Waals surface area contributed by atoms with E-state index in [1.54, 1.807) is 18.3 Å². The number of hydrogen-bond donors (Lipinski definition) is 1. The maximum absolute atomic E-state index is 13.2. The van der Waals surface area contributed by atoms with Gasteiger partial charge < -0.3 is 5.32 Å². The van der Waals surface area contributed by atoms with Crippen molar-refractivity contribution in [3.8, 4) is 0 Å². The number of non-ortho nitro benzene ring substituents is 1. The molecule has 4 rings (SSSR count). The van der Waals surface area contributed by atoms with Gasteiger partial charge in [-0.3, -0.25) is 19.8 Å². The lowest BCUT2D eigenvalue weighted by molar-refractivity contribution is -0.384. The van der Waals surface area contributed by atoms with Crippen LogP contribution in [0.1, 0.15) is 24.4 Å². The molecule has 1 aliphatic heterocycles. The van der Waals surface area contributed by atoms with Crippen molar-refractivity contribution in [2.24, 2.45) is 0 Å². The second kappa shape index (κ2) is 7.74. The van der Waals surface area contributed by atoms with Gasteiger partial charge in [-0.05, 0) is 49.0 Å². The van der Waals surface area contributed by atoms with E-state index in [1.807, 2.05) is 30.3 Å². The first-order chi connectivity index (χ1) is 13.6. The van der Waals surface area contributed by atoms with E-state index >= 15 is 0 Å². The van der Waals surface area contributed by atoms with Crippen LogP contribution in [0.15, 0.2) is 60.8 Å². The van der Waals surface area contributed by atoms with Crippen molar-refractivity contribution in [1.29, 1.82) is 0 Å². The minimum absolute atomic E-state index is 0.00945. The van der Waals surface area contributed by atoms with Crippen LogP contribution in [0.3, 0.4) is 0 Å². The third kappa shape index (κ3) is 3.57. The molecule has 1 saturated heterocycles. The van der Waals surface area contributed by atoms with Gasteiger partial charge in [0.2, 0.25) is 5.91 Å². The molecule has 142 valence electrons. The summed E-state index contributed by atoms with van der Waals surface area (Å²) in [5, 5.41) is 15.3. The van der Waals surface area contributed by atoms with Crippen LogP contribution in [0.4, 0.5) is 11.5 Å². The third-order valence-corrected chi connectivity index (χ3v) is 5.07. The zero-order chi connectivity index (χ0) is 19.5. The van der Waals surface area contributed by atoms with E-state index in [0.29, 0.717) is 16.6 Å². The first kappa shape index (κ1) is 18.1. The first-order valence-electron chi connectivity index (χ1n) is 9.26. The molecule has 1 fully saturated rings. The predicted octanol–water partition coefficient (Wildman–Crippen LogP) is 3.92. The molecular weight excluding hydrogens is 356 g/mol. The number of fused-ring (bicyclic) bond motifs is 1. The van der Waals surface area contributed by atoms with Crippen LogP contribution in [-0.4, -0.2) is 33.8 Å². The lowest BCUT2D eigenvalue weighted by Crippen LogP contribution is -2.35. The van der Waals surface area contributed by atoms with Crippen molar-refractivity contribution >= 4 is 28.2 Å². The summed E-state index contributed by atoms with van der Waals surface area (Å²) in [5.41, 5.74) is 0.952. The first-order valence-corrected chi connectivity index (χ1v) is 9.26. The lowest BCUT2D eigenvalue weighted by Gasteiger charge is -2.27. The number of aromatic nitrogens is 1. The van der Waals surface area contributed by atoms with Crippen molar-refractivity contribution < 1.29 is 9.72 Å². The summed E-state index contributed by atoms with van der Waals surface area (Å²) >= 11 is 0. The number of nitro groups is 1. The molecule has 0 spiro atoms. The Hall–Kier alpha value is -3.32. The number of nitro benzene ring substituents is 1. The fourth-order valence-electron chi connectivity index (χ4n) is 3.73. The SMILES string of the molecule is O=C(Nc1nccc2cc([N+](=O)[O-])ccc12)C(c1ccccc1)N1CCCC1. The monoisotopic (exact) mass is 376 g/mol. The van der Waals surface area contributed by atoms with Crippen molar-refractivity contribution in [1.82, 2.24) is 9.88 Å². The Balaban J connectivity index is 1.66. The molecule has 1 atom stereocenters. The number of anilines is 1. The fraction of sp³-hybridized carbons (Fsp3) is 0.238. The van der Waals surface area contributed by atoms with Gasteiger partial charge in [0.1, 0.15) is 11.9 Å². The highest BCUT2D eigenvalue weighted by atomic mass is 16.6. The topological polar surface area (TPSA) is 88.4 Å². The van der Waals surface area contributed by atoms with Crippen molar-refractivity contribution in [3.05, 3.63) is 76.5 Å². The molecule has 1 aliphatic rings. The summed E-state index contributed by atoms with van der Waals surface area (Å²) in [6.45, 7) is 1.75. The van der Waals surface area contributed by atoms with Gasteiger partial charge in [-0.25, -0.2) is 4.98 Å². The molecule has 0 saturated carbocycles. The molecular formula is C21H20N4O3. The molecule has 0 aliphatic carbocycles. The Labute approximate surface area is 162 Å². The van der Waals surface area contributed by atoms with Crippen LogP contribution in [0.2, 0.25) is 0 Å². The molecule has 28 heavy (non-hydrogen) atoms. The van der Waals surface area contributed by atoms with Gasteiger partial charge in [0.25, 0.3) is 5.69 Å². The Morgan fingerprint density at radius 1 is 1.11 bits per heavy atom. The van der Waals surface area contributed by atoms with E-state index in [1.165, 1.54) is 12.1 Å². The Kier molecular flexibility index (Phi) is 4.99. The Morgan fingerprint density at radius 3 is 2.57 bits per heavy atom. The van der Waals surface area contributed by atoms with Crippen LogP contribution in [0.25, 0.3) is 10.8 Å². The molecule has 2 heterocycles. The predicted molar refractivity (Wildman–Crippen MR) is 107 cm³/mol. The number of carbonyl (C=O) groups is 1. The summed E-state index contributed by atoms with van der Waals surface area (Å²) in [4.78, 5) is 30.3. The molecule has 1 aromatic heterocycles. The average molecular weight is 376 g/mol. The average Bonchev–Trinajstić information content (AvgIpc) is 3.23. The van der Waals surface area contributed by atoms with E-state index in [0.717, 1.165) is 31.5 Å². The number of pyridine rings is 1. The molecule has 1 amide bonds. The summed E-state index contributed by atoms with van der Waals surface area (Å²) < 4.78 is 0. The summed E-state index contributed by atoms with van der Waals surface area (Å²) in [6.07, 6.45) is 3.70. The van der Waals surface area contributed by atoms with Gasteiger partial charge in [-0.2, -0.15) is 0 Å². The normalized spacial score (nSPS) is 15.4. The van der Waals surface area contributed by atoms with Crippen LogP contribution < -0.4 is 5.32 Å². The van der Waals surface area contributed by atoms with Gasteiger partial charge in [0.15, 0.2) is 0 Å². The molecule has 2 aromatic carbocycles. The summed E-state index contributed by atoms with van der Waals surface area (Å²) in [5.74, 6) is 0.268. The highest BCUT2D eigenvalue weighted by molar-refractivity contribution is 6.03. The number of hydrogen-bond acceptors (Lipinski definition) is 5. The van der Waals surface area contributed by atoms with Gasteiger partial charge >= 0.3 is 0 Å². The van der Waals surface area contributed by atoms with E-state index in [-0.39, 0.29) is 17.6 Å². The van der Waals surface area contributed by atoms with Crippen LogP contribution in [0, 0.1) is 10.1 Å². The molecule has 3 aromatic rings. The number of nitrogens with one attached hydrogen (secondary N) is 1. The van der Waals surface area contributed by atoms with Gasteiger partial charge in [-0.15, -0.1) is 0 Å². The molecule has 7 nitrogen and oxygen atoms in total. The van der Waals surface area contributed by atoms with Crippen molar-refractivity contribution in [2.45, 2.75) is 18.9 Å². The smallest absolute Gasteiger partial charge is 0.270 e. The summed E-state index contributed by atoms with van der Waals surface area (Å²) in [7, 11) is 0. The van der Waals surface area contributed by atoms with E-state index in [2.05, 4.69) is 15.2 Å². The quantitative estimate of drug-likeness (QED) is 0.539. The zero-order valence-corrected chi connectivity index (χ0v) is 15.2. The van der Waals surface area contributed by atoms with Crippen molar-refractivity contribution in [2.75, 3.05) is 18.4 Å². The van der Waals surface area contributed by atoms with Crippen LogP contribution in [-0.2, 0) is 4.79 Å².